The molecule has 0 N–H and O–H groups in total. The lowest BCUT2D eigenvalue weighted by atomic mass is 9.92. The first kappa shape index (κ1) is 12.9. The topological polar surface area (TPSA) is 42.4 Å². The lowest BCUT2D eigenvalue weighted by molar-refractivity contribution is 0.0447. The van der Waals surface area contributed by atoms with E-state index >= 15 is 0 Å². The van der Waals surface area contributed by atoms with Crippen molar-refractivity contribution in [3.63, 3.8) is 0 Å². The summed E-state index contributed by atoms with van der Waals surface area (Å²) in [5.74, 6) is 1.09. The molecule has 2 saturated heterocycles. The molecule has 4 nitrogen and oxygen atoms in total. The monoisotopic (exact) mass is 278 g/mol. The largest absolute Gasteiger partial charge is 0.381 e. The van der Waals surface area contributed by atoms with E-state index in [0.29, 0.717) is 11.8 Å². The Morgan fingerprint density at radius 2 is 2.32 bits per heavy atom. The molecule has 2 aliphatic rings. The molecular weight excluding hydrogens is 260 g/mol. The Morgan fingerprint density at radius 1 is 1.53 bits per heavy atom. The first-order chi connectivity index (χ1) is 9.12. The van der Waals surface area contributed by atoms with Gasteiger partial charge in [0.25, 0.3) is 5.91 Å². The molecule has 1 spiro atoms. The van der Waals surface area contributed by atoms with Crippen LogP contribution < -0.4 is 0 Å². The van der Waals surface area contributed by atoms with Crippen molar-refractivity contribution in [1.29, 1.82) is 0 Å². The van der Waals surface area contributed by atoms with Crippen molar-refractivity contribution in [2.24, 2.45) is 0 Å². The van der Waals surface area contributed by atoms with Gasteiger partial charge in [-0.05, 0) is 25.0 Å². The van der Waals surface area contributed by atoms with Gasteiger partial charge in [-0.15, -0.1) is 11.8 Å². The second-order valence-corrected chi connectivity index (χ2v) is 6.93. The minimum absolute atomic E-state index is 0.0482. The van der Waals surface area contributed by atoms with E-state index in [1.54, 1.807) is 13.3 Å². The SMILES string of the molecule is COC1CSC2(C1)CN(C(=O)c1ccc(C)cn1)C2. The number of carbonyl (C=O) groups is 1. The number of methoxy groups -OCH3 is 1. The Morgan fingerprint density at radius 3 is 2.89 bits per heavy atom. The van der Waals surface area contributed by atoms with Gasteiger partial charge in [0, 0.05) is 32.1 Å². The fraction of sp³-hybridized carbons (Fsp3) is 0.571. The van der Waals surface area contributed by atoms with Crippen LogP contribution in [0.4, 0.5) is 0 Å². The summed E-state index contributed by atoms with van der Waals surface area (Å²) in [6.07, 6.45) is 3.15. The van der Waals surface area contributed by atoms with Crippen LogP contribution in [-0.2, 0) is 4.74 Å². The van der Waals surface area contributed by atoms with Crippen molar-refractivity contribution in [1.82, 2.24) is 9.88 Å². The molecule has 19 heavy (non-hydrogen) atoms. The van der Waals surface area contributed by atoms with Crippen molar-refractivity contribution in [2.45, 2.75) is 24.2 Å². The summed E-state index contributed by atoms with van der Waals surface area (Å²) in [4.78, 5) is 18.3. The van der Waals surface area contributed by atoms with Crippen LogP contribution in [0.2, 0.25) is 0 Å². The molecule has 5 heteroatoms. The highest BCUT2D eigenvalue weighted by Crippen LogP contribution is 2.46. The lowest BCUT2D eigenvalue weighted by Crippen LogP contribution is -2.60. The van der Waals surface area contributed by atoms with E-state index in [4.69, 9.17) is 4.74 Å². The van der Waals surface area contributed by atoms with Gasteiger partial charge in [-0.1, -0.05) is 6.07 Å². The van der Waals surface area contributed by atoms with E-state index in [1.165, 1.54) is 0 Å². The van der Waals surface area contributed by atoms with Crippen molar-refractivity contribution < 1.29 is 9.53 Å². The number of amides is 1. The van der Waals surface area contributed by atoms with Crippen molar-refractivity contribution >= 4 is 17.7 Å². The second-order valence-electron chi connectivity index (χ2n) is 5.44. The zero-order valence-electron chi connectivity index (χ0n) is 11.3. The summed E-state index contributed by atoms with van der Waals surface area (Å²) in [5, 5.41) is 0. The third-order valence-electron chi connectivity index (χ3n) is 3.88. The number of hydrogen-bond donors (Lipinski definition) is 0. The molecule has 3 heterocycles. The lowest BCUT2D eigenvalue weighted by Gasteiger charge is -2.47. The Labute approximate surface area is 117 Å². The number of ether oxygens (including phenoxy) is 1. The number of rotatable bonds is 2. The average Bonchev–Trinajstić information content (AvgIpc) is 2.81. The van der Waals surface area contributed by atoms with E-state index < -0.39 is 0 Å². The number of aromatic nitrogens is 1. The summed E-state index contributed by atoms with van der Waals surface area (Å²) in [6, 6.07) is 3.74. The van der Waals surface area contributed by atoms with E-state index in [2.05, 4.69) is 4.98 Å². The molecule has 0 radical (unpaired) electrons. The molecule has 1 aromatic rings. The zero-order valence-corrected chi connectivity index (χ0v) is 12.1. The van der Waals surface area contributed by atoms with E-state index in [-0.39, 0.29) is 10.7 Å². The van der Waals surface area contributed by atoms with Gasteiger partial charge in [0.2, 0.25) is 0 Å². The number of aryl methyl sites for hydroxylation is 1. The number of likely N-dealkylation sites (tertiary alicyclic amines) is 1. The van der Waals surface area contributed by atoms with Crippen molar-refractivity contribution in [3.8, 4) is 0 Å². The van der Waals surface area contributed by atoms with Crippen molar-refractivity contribution in [2.75, 3.05) is 26.0 Å². The molecule has 1 amide bonds. The van der Waals surface area contributed by atoms with Gasteiger partial charge in [-0.3, -0.25) is 9.78 Å². The molecule has 1 aromatic heterocycles. The van der Waals surface area contributed by atoms with Crippen molar-refractivity contribution in [3.05, 3.63) is 29.6 Å². The molecule has 1 atom stereocenters. The fourth-order valence-corrected chi connectivity index (χ4v) is 4.31. The Kier molecular flexibility index (Phi) is 3.27. The molecule has 1 unspecified atom stereocenters. The molecule has 3 rings (SSSR count). The van der Waals surface area contributed by atoms with Crippen LogP contribution in [0.15, 0.2) is 18.3 Å². The standard InChI is InChI=1S/C14H18N2O2S/c1-10-3-4-12(15-6-10)13(17)16-8-14(9-16)5-11(18-2)7-19-14/h3-4,6,11H,5,7-9H2,1-2H3. The van der Waals surface area contributed by atoms with E-state index in [9.17, 15) is 4.79 Å². The number of pyridine rings is 1. The highest BCUT2D eigenvalue weighted by molar-refractivity contribution is 8.01. The molecular formula is C14H18N2O2S. The van der Waals surface area contributed by atoms with Gasteiger partial charge < -0.3 is 9.64 Å². The van der Waals surface area contributed by atoms with Gasteiger partial charge in [0.15, 0.2) is 0 Å². The Bertz CT molecular complexity index is 483. The minimum Gasteiger partial charge on any atom is -0.381 e. The maximum Gasteiger partial charge on any atom is 0.272 e. The first-order valence-corrected chi connectivity index (χ1v) is 7.49. The average molecular weight is 278 g/mol. The Hall–Kier alpha value is -1.07. The molecule has 0 bridgehead atoms. The normalized spacial score (nSPS) is 24.5. The second kappa shape index (κ2) is 4.80. The van der Waals surface area contributed by atoms with Gasteiger partial charge in [-0.2, -0.15) is 0 Å². The molecule has 2 aliphatic heterocycles. The smallest absolute Gasteiger partial charge is 0.272 e. The van der Waals surface area contributed by atoms with Crippen LogP contribution in [0, 0.1) is 6.92 Å². The molecule has 0 aromatic carbocycles. The quantitative estimate of drug-likeness (QED) is 0.826. The predicted molar refractivity (Wildman–Crippen MR) is 75.5 cm³/mol. The predicted octanol–water partition coefficient (Wildman–Crippen LogP) is 1.74. The van der Waals surface area contributed by atoms with Crippen LogP contribution in [0.25, 0.3) is 0 Å². The highest BCUT2D eigenvalue weighted by Gasteiger charge is 2.50. The number of nitrogens with zero attached hydrogens (tertiary/aromatic N) is 2. The van der Waals surface area contributed by atoms with Crippen LogP contribution in [0.3, 0.4) is 0 Å². The number of carbonyl (C=O) groups excluding carboxylic acids is 1. The number of thioether (sulfide) groups is 1. The summed E-state index contributed by atoms with van der Waals surface area (Å²) in [6.45, 7) is 3.62. The highest BCUT2D eigenvalue weighted by atomic mass is 32.2. The molecule has 102 valence electrons. The van der Waals surface area contributed by atoms with Crippen LogP contribution in [-0.4, -0.2) is 52.6 Å². The third kappa shape index (κ3) is 2.37. The van der Waals surface area contributed by atoms with Gasteiger partial charge in [0.05, 0.1) is 10.9 Å². The summed E-state index contributed by atoms with van der Waals surface area (Å²) < 4.78 is 5.64. The molecule has 0 saturated carbocycles. The summed E-state index contributed by atoms with van der Waals surface area (Å²) in [7, 11) is 1.77. The maximum absolute atomic E-state index is 12.3. The molecule has 2 fully saturated rings. The van der Waals surface area contributed by atoms with Gasteiger partial charge in [-0.25, -0.2) is 0 Å². The van der Waals surface area contributed by atoms with Crippen LogP contribution >= 0.6 is 11.8 Å². The Balaban J connectivity index is 1.61. The van der Waals surface area contributed by atoms with E-state index in [0.717, 1.165) is 30.8 Å². The number of hydrogen-bond acceptors (Lipinski definition) is 4. The summed E-state index contributed by atoms with van der Waals surface area (Å²) in [5.41, 5.74) is 1.62. The minimum atomic E-state index is 0.0482. The van der Waals surface area contributed by atoms with Gasteiger partial charge in [0.1, 0.15) is 5.69 Å². The maximum atomic E-state index is 12.3. The van der Waals surface area contributed by atoms with E-state index in [1.807, 2.05) is 35.7 Å². The fourth-order valence-electron chi connectivity index (χ4n) is 2.72. The van der Waals surface area contributed by atoms with Crippen LogP contribution in [0.1, 0.15) is 22.5 Å². The third-order valence-corrected chi connectivity index (χ3v) is 5.46. The first-order valence-electron chi connectivity index (χ1n) is 6.51. The summed E-state index contributed by atoms with van der Waals surface area (Å²) >= 11 is 1.94. The van der Waals surface area contributed by atoms with Crippen LogP contribution in [0.5, 0.6) is 0 Å². The van der Waals surface area contributed by atoms with Gasteiger partial charge >= 0.3 is 0 Å². The molecule has 0 aliphatic carbocycles. The zero-order chi connectivity index (χ0) is 13.5.